The zero-order valence-electron chi connectivity index (χ0n) is 18.4. The summed E-state index contributed by atoms with van der Waals surface area (Å²) in [6.07, 6.45) is -4.91. The molecule has 0 aliphatic carbocycles. The van der Waals surface area contributed by atoms with Crippen LogP contribution in [-0.4, -0.2) is 83.0 Å². The average Bonchev–Trinajstić information content (AvgIpc) is 2.83. The first-order valence-corrected chi connectivity index (χ1v) is 10.2. The lowest BCUT2D eigenvalue weighted by Gasteiger charge is -2.39. The van der Waals surface area contributed by atoms with Gasteiger partial charge in [-0.25, -0.2) is 4.79 Å². The molecule has 0 amide bonds. The van der Waals surface area contributed by atoms with Crippen molar-refractivity contribution < 1.29 is 54.0 Å². The molecule has 0 saturated carbocycles. The molecule has 184 valence electrons. The summed E-state index contributed by atoms with van der Waals surface area (Å²) in [4.78, 5) is 12.1. The molecule has 1 saturated heterocycles. The average molecular weight is 478 g/mol. The molecule has 2 aromatic rings. The van der Waals surface area contributed by atoms with Gasteiger partial charge in [-0.05, 0) is 35.9 Å². The monoisotopic (exact) mass is 478 g/mol. The number of methoxy groups -OCH3 is 2. The van der Waals surface area contributed by atoms with E-state index in [9.17, 15) is 30.3 Å². The minimum atomic E-state index is -1.65. The van der Waals surface area contributed by atoms with Gasteiger partial charge in [0.1, 0.15) is 36.8 Å². The molecule has 5 N–H and O–H groups in total. The fourth-order valence-electron chi connectivity index (χ4n) is 3.20. The van der Waals surface area contributed by atoms with Gasteiger partial charge in [0.2, 0.25) is 6.29 Å². The first-order chi connectivity index (χ1) is 16.2. The van der Waals surface area contributed by atoms with E-state index in [1.165, 1.54) is 50.6 Å². The second kappa shape index (κ2) is 11.1. The number of carbonyl (C=O) groups excluding carboxylic acids is 1. The highest BCUT2D eigenvalue weighted by Gasteiger charge is 2.45. The Kier molecular flexibility index (Phi) is 8.18. The minimum Gasteiger partial charge on any atom is -0.508 e. The number of esters is 1. The number of benzene rings is 2. The van der Waals surface area contributed by atoms with Gasteiger partial charge in [-0.1, -0.05) is 6.07 Å². The van der Waals surface area contributed by atoms with Gasteiger partial charge in [0.25, 0.3) is 0 Å². The quantitative estimate of drug-likeness (QED) is 0.266. The molecule has 0 spiro atoms. The van der Waals surface area contributed by atoms with Gasteiger partial charge in [0, 0.05) is 12.1 Å². The van der Waals surface area contributed by atoms with Crippen LogP contribution in [0.2, 0.25) is 0 Å². The summed E-state index contributed by atoms with van der Waals surface area (Å²) in [5.41, 5.74) is 0.565. The van der Waals surface area contributed by atoms with Crippen molar-refractivity contribution >= 4 is 12.0 Å². The van der Waals surface area contributed by atoms with Crippen molar-refractivity contribution in [3.63, 3.8) is 0 Å². The summed E-state index contributed by atoms with van der Waals surface area (Å²) in [6, 6.07) is 8.47. The van der Waals surface area contributed by atoms with E-state index in [1.807, 2.05) is 0 Å². The molecular weight excluding hydrogens is 452 g/mol. The largest absolute Gasteiger partial charge is 0.508 e. The standard InChI is InChI=1S/C23H26O11/c1-30-16-9-12(3-6-14(16)25)4-8-19(26)32-11-18-20(27)21(28)22(29)23(34-18)33-15-7-5-13(24)10-17(15)31-2/h3-10,18,20-25,27-29H,11H2,1-2H3. The molecule has 1 aliphatic rings. The Balaban J connectivity index is 1.63. The van der Waals surface area contributed by atoms with Crippen molar-refractivity contribution in [2.75, 3.05) is 20.8 Å². The van der Waals surface area contributed by atoms with Crippen LogP contribution in [0.4, 0.5) is 0 Å². The summed E-state index contributed by atoms with van der Waals surface area (Å²) in [5.74, 6) is -0.396. The summed E-state index contributed by atoms with van der Waals surface area (Å²) >= 11 is 0. The highest BCUT2D eigenvalue weighted by Crippen LogP contribution is 2.33. The summed E-state index contributed by atoms with van der Waals surface area (Å²) in [6.45, 7) is -0.445. The number of aliphatic hydroxyl groups is 3. The van der Waals surface area contributed by atoms with E-state index in [1.54, 1.807) is 6.07 Å². The van der Waals surface area contributed by atoms with Crippen LogP contribution in [0.1, 0.15) is 5.56 Å². The molecule has 2 aromatic carbocycles. The first-order valence-electron chi connectivity index (χ1n) is 10.2. The molecule has 1 heterocycles. The van der Waals surface area contributed by atoms with Gasteiger partial charge in [-0.15, -0.1) is 0 Å². The maximum absolute atomic E-state index is 12.1. The van der Waals surface area contributed by atoms with Gasteiger partial charge < -0.3 is 49.2 Å². The number of aliphatic hydroxyl groups excluding tert-OH is 3. The molecule has 11 heteroatoms. The SMILES string of the molecule is COc1cc(C=CC(=O)OCC2OC(Oc3ccc(O)cc3OC)C(O)C(O)C2O)ccc1O. The third kappa shape index (κ3) is 5.88. The van der Waals surface area contributed by atoms with Gasteiger partial charge in [-0.3, -0.25) is 0 Å². The van der Waals surface area contributed by atoms with Crippen LogP contribution in [0, 0.1) is 0 Å². The van der Waals surface area contributed by atoms with Crippen LogP contribution in [0.15, 0.2) is 42.5 Å². The molecule has 0 radical (unpaired) electrons. The van der Waals surface area contributed by atoms with Crippen LogP contribution in [0.3, 0.4) is 0 Å². The zero-order valence-corrected chi connectivity index (χ0v) is 18.4. The Morgan fingerprint density at radius 1 is 0.941 bits per heavy atom. The maximum Gasteiger partial charge on any atom is 0.330 e. The number of phenols is 2. The molecule has 11 nitrogen and oxygen atoms in total. The smallest absolute Gasteiger partial charge is 0.330 e. The molecule has 3 rings (SSSR count). The second-order valence-corrected chi connectivity index (χ2v) is 7.36. The van der Waals surface area contributed by atoms with Gasteiger partial charge in [0.15, 0.2) is 23.0 Å². The molecule has 34 heavy (non-hydrogen) atoms. The minimum absolute atomic E-state index is 0.0481. The predicted octanol–water partition coefficient (Wildman–Crippen LogP) is 0.558. The van der Waals surface area contributed by atoms with Crippen molar-refractivity contribution in [2.45, 2.75) is 30.7 Å². The van der Waals surface area contributed by atoms with Crippen molar-refractivity contribution in [1.82, 2.24) is 0 Å². The molecule has 5 unspecified atom stereocenters. The number of rotatable bonds is 8. The van der Waals surface area contributed by atoms with Gasteiger partial charge in [0.05, 0.1) is 14.2 Å². The number of hydrogen-bond donors (Lipinski definition) is 5. The third-order valence-corrected chi connectivity index (χ3v) is 5.06. The Morgan fingerprint density at radius 3 is 2.38 bits per heavy atom. The molecular formula is C23H26O11. The lowest BCUT2D eigenvalue weighted by molar-refractivity contribution is -0.278. The van der Waals surface area contributed by atoms with Crippen molar-refractivity contribution in [2.24, 2.45) is 0 Å². The van der Waals surface area contributed by atoms with E-state index >= 15 is 0 Å². The van der Waals surface area contributed by atoms with E-state index in [0.717, 1.165) is 6.08 Å². The van der Waals surface area contributed by atoms with E-state index in [-0.39, 0.29) is 28.7 Å². The predicted molar refractivity (Wildman–Crippen MR) is 117 cm³/mol. The van der Waals surface area contributed by atoms with Crippen LogP contribution < -0.4 is 14.2 Å². The number of hydrogen-bond acceptors (Lipinski definition) is 11. The molecule has 5 atom stereocenters. The normalized spacial score (nSPS) is 24.6. The van der Waals surface area contributed by atoms with Crippen LogP contribution in [0.5, 0.6) is 28.7 Å². The van der Waals surface area contributed by atoms with Crippen LogP contribution >= 0.6 is 0 Å². The number of ether oxygens (including phenoxy) is 5. The van der Waals surface area contributed by atoms with E-state index in [0.29, 0.717) is 5.56 Å². The molecule has 0 aromatic heterocycles. The number of phenolic OH excluding ortho intramolecular Hbond substituents is 2. The zero-order chi connectivity index (χ0) is 24.8. The lowest BCUT2D eigenvalue weighted by Crippen LogP contribution is -2.60. The lowest BCUT2D eigenvalue weighted by atomic mass is 9.99. The van der Waals surface area contributed by atoms with Crippen molar-refractivity contribution in [3.05, 3.63) is 48.0 Å². The van der Waals surface area contributed by atoms with Gasteiger partial charge >= 0.3 is 5.97 Å². The number of aromatic hydroxyl groups is 2. The van der Waals surface area contributed by atoms with Crippen LogP contribution in [0.25, 0.3) is 6.08 Å². The summed E-state index contributed by atoms with van der Waals surface area (Å²) in [7, 11) is 2.74. The van der Waals surface area contributed by atoms with Crippen molar-refractivity contribution in [1.29, 1.82) is 0 Å². The summed E-state index contributed by atoms with van der Waals surface area (Å²) < 4.78 is 26.3. The Hall–Kier alpha value is -3.51. The highest BCUT2D eigenvalue weighted by atomic mass is 16.7. The second-order valence-electron chi connectivity index (χ2n) is 7.36. The van der Waals surface area contributed by atoms with Gasteiger partial charge in [-0.2, -0.15) is 0 Å². The number of carbonyl (C=O) groups is 1. The molecule has 1 aliphatic heterocycles. The maximum atomic E-state index is 12.1. The van der Waals surface area contributed by atoms with Crippen molar-refractivity contribution in [3.8, 4) is 28.7 Å². The summed E-state index contributed by atoms with van der Waals surface area (Å²) in [5, 5.41) is 49.9. The Morgan fingerprint density at radius 2 is 1.68 bits per heavy atom. The third-order valence-electron chi connectivity index (χ3n) is 5.06. The first kappa shape index (κ1) is 25.1. The van der Waals surface area contributed by atoms with E-state index in [2.05, 4.69) is 0 Å². The molecule has 0 bridgehead atoms. The fourth-order valence-corrected chi connectivity index (χ4v) is 3.20. The Labute approximate surface area is 195 Å². The van der Waals surface area contributed by atoms with E-state index in [4.69, 9.17) is 23.7 Å². The Bertz CT molecular complexity index is 1020. The fraction of sp³-hybridized carbons (Fsp3) is 0.348. The molecule has 1 fully saturated rings. The van der Waals surface area contributed by atoms with Crippen LogP contribution in [-0.2, 0) is 14.3 Å². The topological polar surface area (TPSA) is 164 Å². The highest BCUT2D eigenvalue weighted by molar-refractivity contribution is 5.87. The van der Waals surface area contributed by atoms with E-state index < -0.39 is 43.3 Å².